The van der Waals surface area contributed by atoms with Crippen LogP contribution in [0.1, 0.15) is 23.6 Å². The maximum atomic E-state index is 14.3. The van der Waals surface area contributed by atoms with Gasteiger partial charge in [-0.25, -0.2) is 14.4 Å². The van der Waals surface area contributed by atoms with Gasteiger partial charge in [0.15, 0.2) is 11.6 Å². The molecule has 0 aliphatic carbocycles. The summed E-state index contributed by atoms with van der Waals surface area (Å²) in [5.74, 6) is 0.0866. The number of aromatic nitrogens is 2. The third kappa shape index (κ3) is 2.53. The number of hydrogen-bond donors (Lipinski definition) is 0. The van der Waals surface area contributed by atoms with Crippen molar-refractivity contribution in [3.63, 3.8) is 0 Å². The molecule has 1 aliphatic heterocycles. The summed E-state index contributed by atoms with van der Waals surface area (Å²) in [4.78, 5) is 11.2. The second kappa shape index (κ2) is 5.85. The molecule has 3 rings (SSSR count). The number of hydrogen-bond acceptors (Lipinski definition) is 5. The van der Waals surface area contributed by atoms with Gasteiger partial charge >= 0.3 is 0 Å². The minimum absolute atomic E-state index is 0.0109. The molecule has 0 radical (unpaired) electrons. The van der Waals surface area contributed by atoms with E-state index in [0.29, 0.717) is 37.6 Å². The van der Waals surface area contributed by atoms with E-state index < -0.39 is 0 Å². The monoisotopic (exact) mass is 293 g/mol. The van der Waals surface area contributed by atoms with Crippen LogP contribution in [0, 0.1) is 5.82 Å². The van der Waals surface area contributed by atoms with Crippen molar-refractivity contribution in [1.29, 1.82) is 0 Å². The molecule has 0 aromatic carbocycles. The van der Waals surface area contributed by atoms with E-state index in [1.54, 1.807) is 11.3 Å². The zero-order valence-corrected chi connectivity index (χ0v) is 12.1. The maximum Gasteiger partial charge on any atom is 0.187 e. The molecule has 0 saturated carbocycles. The number of halogens is 1. The third-order valence-electron chi connectivity index (χ3n) is 3.40. The Labute approximate surface area is 121 Å². The first-order valence-electron chi connectivity index (χ1n) is 6.69. The average Bonchev–Trinajstić information content (AvgIpc) is 3.02. The largest absolute Gasteiger partial charge is 0.369 e. The van der Waals surface area contributed by atoms with Crippen molar-refractivity contribution in [2.45, 2.75) is 19.4 Å². The van der Waals surface area contributed by atoms with Gasteiger partial charge in [0.1, 0.15) is 12.4 Å². The van der Waals surface area contributed by atoms with Gasteiger partial charge in [-0.1, -0.05) is 13.0 Å². The van der Waals surface area contributed by atoms with Crippen LogP contribution in [0.2, 0.25) is 0 Å². The first-order chi connectivity index (χ1) is 9.79. The van der Waals surface area contributed by atoms with Gasteiger partial charge in [-0.15, -0.1) is 11.3 Å². The molecule has 2 aromatic heterocycles. The number of rotatable bonds is 3. The highest BCUT2D eigenvalue weighted by Crippen LogP contribution is 2.29. The standard InChI is InChI=1S/C14H16FN3OS/c1-2-10-13(15)14(17-9-16-10)18-5-6-19-11(8-18)12-4-3-7-20-12/h3-4,7,9,11H,2,5-6,8H2,1H3/t11-/m1/s1. The molecule has 106 valence electrons. The van der Waals surface area contributed by atoms with Gasteiger partial charge < -0.3 is 9.64 Å². The molecule has 0 N–H and O–H groups in total. The fourth-order valence-electron chi connectivity index (χ4n) is 2.35. The average molecular weight is 293 g/mol. The van der Waals surface area contributed by atoms with Crippen molar-refractivity contribution in [3.8, 4) is 0 Å². The zero-order valence-electron chi connectivity index (χ0n) is 11.3. The number of morpholine rings is 1. The second-order valence-corrected chi connectivity index (χ2v) is 5.61. The molecular formula is C14H16FN3OS. The van der Waals surface area contributed by atoms with Crippen LogP contribution in [-0.2, 0) is 11.2 Å². The quantitative estimate of drug-likeness (QED) is 0.872. The van der Waals surface area contributed by atoms with Gasteiger partial charge in [0.2, 0.25) is 0 Å². The Balaban J connectivity index is 1.84. The van der Waals surface area contributed by atoms with E-state index in [0.717, 1.165) is 0 Å². The van der Waals surface area contributed by atoms with Crippen LogP contribution in [-0.4, -0.2) is 29.7 Å². The maximum absolute atomic E-state index is 14.3. The molecule has 0 amide bonds. The van der Waals surface area contributed by atoms with Crippen LogP contribution in [0.15, 0.2) is 23.8 Å². The number of thiophene rings is 1. The Kier molecular flexibility index (Phi) is 3.93. The summed E-state index contributed by atoms with van der Waals surface area (Å²) in [6.07, 6.45) is 2.00. The van der Waals surface area contributed by atoms with Gasteiger partial charge in [0.25, 0.3) is 0 Å². The summed E-state index contributed by atoms with van der Waals surface area (Å²) in [7, 11) is 0. The van der Waals surface area contributed by atoms with E-state index in [1.165, 1.54) is 11.2 Å². The molecule has 0 bridgehead atoms. The highest BCUT2D eigenvalue weighted by molar-refractivity contribution is 7.10. The lowest BCUT2D eigenvalue weighted by molar-refractivity contribution is 0.0416. The third-order valence-corrected chi connectivity index (χ3v) is 4.37. The molecule has 0 spiro atoms. The molecule has 1 atom stereocenters. The first kappa shape index (κ1) is 13.5. The molecule has 1 fully saturated rings. The van der Waals surface area contributed by atoms with Gasteiger partial charge in [0.05, 0.1) is 18.8 Å². The summed E-state index contributed by atoms with van der Waals surface area (Å²) in [6.45, 7) is 3.74. The summed E-state index contributed by atoms with van der Waals surface area (Å²) < 4.78 is 20.1. The van der Waals surface area contributed by atoms with Crippen molar-refractivity contribution in [2.75, 3.05) is 24.6 Å². The number of anilines is 1. The predicted molar refractivity (Wildman–Crippen MR) is 76.6 cm³/mol. The van der Waals surface area contributed by atoms with Gasteiger partial charge in [0, 0.05) is 11.4 Å². The molecule has 1 saturated heterocycles. The highest BCUT2D eigenvalue weighted by Gasteiger charge is 2.26. The van der Waals surface area contributed by atoms with Crippen molar-refractivity contribution in [1.82, 2.24) is 9.97 Å². The smallest absolute Gasteiger partial charge is 0.187 e. The molecule has 4 nitrogen and oxygen atoms in total. The lowest BCUT2D eigenvalue weighted by atomic mass is 10.2. The van der Waals surface area contributed by atoms with E-state index in [2.05, 4.69) is 9.97 Å². The van der Waals surface area contributed by atoms with Gasteiger partial charge in [-0.3, -0.25) is 0 Å². The topological polar surface area (TPSA) is 38.2 Å². The fraction of sp³-hybridized carbons (Fsp3) is 0.429. The minimum Gasteiger partial charge on any atom is -0.369 e. The van der Waals surface area contributed by atoms with Crippen LogP contribution in [0.5, 0.6) is 0 Å². The second-order valence-electron chi connectivity index (χ2n) is 4.63. The van der Waals surface area contributed by atoms with E-state index >= 15 is 0 Å². The number of aryl methyl sites for hydroxylation is 1. The van der Waals surface area contributed by atoms with Crippen molar-refractivity contribution in [2.24, 2.45) is 0 Å². The zero-order chi connectivity index (χ0) is 13.9. The fourth-order valence-corrected chi connectivity index (χ4v) is 3.12. The van der Waals surface area contributed by atoms with Crippen LogP contribution in [0.25, 0.3) is 0 Å². The normalized spacial score (nSPS) is 19.3. The Morgan fingerprint density at radius 1 is 1.50 bits per heavy atom. The Morgan fingerprint density at radius 3 is 3.15 bits per heavy atom. The molecular weight excluding hydrogens is 277 g/mol. The van der Waals surface area contributed by atoms with E-state index in [-0.39, 0.29) is 11.9 Å². The van der Waals surface area contributed by atoms with Crippen molar-refractivity contribution < 1.29 is 9.13 Å². The SMILES string of the molecule is CCc1ncnc(N2CCO[C@@H](c3cccs3)C2)c1F. The highest BCUT2D eigenvalue weighted by atomic mass is 32.1. The molecule has 0 unspecified atom stereocenters. The molecule has 6 heteroatoms. The summed E-state index contributed by atoms with van der Waals surface area (Å²) >= 11 is 1.66. The van der Waals surface area contributed by atoms with E-state index in [4.69, 9.17) is 4.74 Å². The molecule has 1 aliphatic rings. The molecule has 2 aromatic rings. The molecule has 3 heterocycles. The molecule has 20 heavy (non-hydrogen) atoms. The Morgan fingerprint density at radius 2 is 2.40 bits per heavy atom. The van der Waals surface area contributed by atoms with E-state index in [1.807, 2.05) is 29.3 Å². The lowest BCUT2D eigenvalue weighted by Crippen LogP contribution is -2.39. The Bertz CT molecular complexity index is 576. The lowest BCUT2D eigenvalue weighted by Gasteiger charge is -2.33. The van der Waals surface area contributed by atoms with Crippen LogP contribution >= 0.6 is 11.3 Å². The minimum atomic E-state index is -0.304. The van der Waals surface area contributed by atoms with Gasteiger partial charge in [-0.05, 0) is 17.9 Å². The predicted octanol–water partition coefficient (Wildman–Crippen LogP) is 2.82. The number of ether oxygens (including phenoxy) is 1. The van der Waals surface area contributed by atoms with Crippen molar-refractivity contribution in [3.05, 3.63) is 40.2 Å². The summed E-state index contributed by atoms with van der Waals surface area (Å²) in [6, 6.07) is 4.05. The van der Waals surface area contributed by atoms with Crippen molar-refractivity contribution >= 4 is 17.2 Å². The Hall–Kier alpha value is -1.53. The van der Waals surface area contributed by atoms with Crippen LogP contribution < -0.4 is 4.90 Å². The van der Waals surface area contributed by atoms with Crippen LogP contribution in [0.3, 0.4) is 0 Å². The number of nitrogens with zero attached hydrogens (tertiary/aromatic N) is 3. The first-order valence-corrected chi connectivity index (χ1v) is 7.57. The van der Waals surface area contributed by atoms with Gasteiger partial charge in [-0.2, -0.15) is 0 Å². The van der Waals surface area contributed by atoms with Crippen LogP contribution in [0.4, 0.5) is 10.2 Å². The summed E-state index contributed by atoms with van der Waals surface area (Å²) in [5, 5.41) is 2.03. The summed E-state index contributed by atoms with van der Waals surface area (Å²) in [5.41, 5.74) is 0.467. The van der Waals surface area contributed by atoms with E-state index in [9.17, 15) is 4.39 Å².